The molecular formula is C27H46O5Si. The molecule has 1 fully saturated rings. The van der Waals surface area contributed by atoms with Gasteiger partial charge >= 0.3 is 5.97 Å². The molecule has 1 saturated carbocycles. The average Bonchev–Trinajstić information content (AvgIpc) is 2.98. The number of hydrogen-bond acceptors (Lipinski definition) is 4. The zero-order valence-electron chi connectivity index (χ0n) is 21.1. The van der Waals surface area contributed by atoms with Gasteiger partial charge in [0.15, 0.2) is 0 Å². The van der Waals surface area contributed by atoms with Crippen LogP contribution < -0.4 is 0 Å². The van der Waals surface area contributed by atoms with Gasteiger partial charge in [0.1, 0.15) is 13.7 Å². The van der Waals surface area contributed by atoms with E-state index in [1.165, 1.54) is 0 Å². The molecule has 0 aromatic carbocycles. The fourth-order valence-corrected chi connectivity index (χ4v) is 4.84. The second-order valence-corrected chi connectivity index (χ2v) is 15.3. The Morgan fingerprint density at radius 3 is 2.42 bits per heavy atom. The fraction of sp³-hybridized carbons (Fsp3) is 0.741. The van der Waals surface area contributed by atoms with Crippen molar-refractivity contribution in [1.82, 2.24) is 0 Å². The lowest BCUT2D eigenvalue weighted by molar-refractivity contribution is -0.137. The van der Waals surface area contributed by atoms with E-state index in [1.54, 1.807) is 0 Å². The topological polar surface area (TPSA) is 98.0 Å². The maximum Gasteiger partial charge on any atom is 0.303 e. The van der Waals surface area contributed by atoms with Crippen LogP contribution in [0.25, 0.3) is 0 Å². The van der Waals surface area contributed by atoms with Crippen molar-refractivity contribution >= 4 is 14.0 Å². The molecule has 0 spiro atoms. The number of rotatable bonds is 14. The third-order valence-electron chi connectivity index (χ3n) is 6.18. The lowest BCUT2D eigenvalue weighted by Crippen LogP contribution is -2.28. The summed E-state index contributed by atoms with van der Waals surface area (Å²) in [4.78, 5) is 10.6. The second kappa shape index (κ2) is 14.8. The molecule has 6 heteroatoms. The van der Waals surface area contributed by atoms with Crippen LogP contribution in [0.3, 0.4) is 0 Å². The van der Waals surface area contributed by atoms with E-state index in [0.29, 0.717) is 38.5 Å². The van der Waals surface area contributed by atoms with E-state index in [-0.39, 0.29) is 18.3 Å². The first-order valence-electron chi connectivity index (χ1n) is 12.6. The minimum Gasteiger partial charge on any atom is -0.481 e. The van der Waals surface area contributed by atoms with Crippen LogP contribution in [0, 0.1) is 23.3 Å². The highest BCUT2D eigenvalue weighted by Gasteiger charge is 2.39. The number of carboxylic acids is 1. The number of hydrogen-bond donors (Lipinski definition) is 4. The molecule has 0 radical (unpaired) electrons. The highest BCUT2D eigenvalue weighted by molar-refractivity contribution is 6.83. The molecule has 0 aliphatic heterocycles. The van der Waals surface area contributed by atoms with Crippen molar-refractivity contribution in [2.45, 2.75) is 115 Å². The van der Waals surface area contributed by atoms with E-state index in [1.807, 2.05) is 24.3 Å². The molecule has 0 bridgehead atoms. The first-order chi connectivity index (χ1) is 15.5. The molecule has 0 aromatic heterocycles. The maximum atomic E-state index is 11.2. The SMILES string of the molecule is CCCCCCC(O)(C#C[Si](C)(C)C)CC=C[C@@H]1[C@@H](CC=CCCCC(=O)O)[C@H](O)C[C@H]1O. The summed E-state index contributed by atoms with van der Waals surface area (Å²) in [5, 5.41) is 40.9. The van der Waals surface area contributed by atoms with Crippen LogP contribution in [-0.2, 0) is 4.79 Å². The molecule has 0 saturated heterocycles. The van der Waals surface area contributed by atoms with Crippen LogP contribution in [0.2, 0.25) is 19.6 Å². The van der Waals surface area contributed by atoms with E-state index >= 15 is 0 Å². The standard InChI is InChI=1S/C27H46O5Si/c1-5-6-7-12-17-27(32,19-20-33(2,3)4)18-13-15-23-22(24(28)21-25(23)29)14-10-8-9-11-16-26(30)31/h8,10,13,15,22-25,28-29,32H,5-7,9,11-12,14,16-18,21H2,1-4H3,(H,30,31)/t22-,23-,24-,25-,27?/m1/s1. The van der Waals surface area contributed by atoms with Crippen LogP contribution in [-0.4, -0.2) is 52.3 Å². The van der Waals surface area contributed by atoms with E-state index in [9.17, 15) is 20.1 Å². The van der Waals surface area contributed by atoms with Gasteiger partial charge in [0.25, 0.3) is 0 Å². The molecule has 0 heterocycles. The van der Waals surface area contributed by atoms with Crippen molar-refractivity contribution in [3.05, 3.63) is 24.3 Å². The van der Waals surface area contributed by atoms with Crippen LogP contribution >= 0.6 is 0 Å². The summed E-state index contributed by atoms with van der Waals surface area (Å²) in [5.41, 5.74) is 2.28. The van der Waals surface area contributed by atoms with Crippen LogP contribution in [0.1, 0.15) is 77.6 Å². The Morgan fingerprint density at radius 1 is 1.06 bits per heavy atom. The van der Waals surface area contributed by atoms with Gasteiger partial charge in [0.2, 0.25) is 0 Å². The number of carboxylic acid groups (broad SMARTS) is 1. The second-order valence-electron chi connectivity index (χ2n) is 10.6. The monoisotopic (exact) mass is 478 g/mol. The highest BCUT2D eigenvalue weighted by atomic mass is 28.3. The summed E-state index contributed by atoms with van der Waals surface area (Å²) in [6.45, 7) is 8.68. The van der Waals surface area contributed by atoms with E-state index in [2.05, 4.69) is 38.0 Å². The number of unbranched alkanes of at least 4 members (excludes halogenated alkanes) is 4. The van der Waals surface area contributed by atoms with Gasteiger partial charge in [-0.25, -0.2) is 0 Å². The first kappa shape index (κ1) is 29.6. The lowest BCUT2D eigenvalue weighted by atomic mass is 9.88. The van der Waals surface area contributed by atoms with Crippen LogP contribution in [0.5, 0.6) is 0 Å². The van der Waals surface area contributed by atoms with Crippen LogP contribution in [0.15, 0.2) is 24.3 Å². The first-order valence-corrected chi connectivity index (χ1v) is 16.1. The molecule has 188 valence electrons. The summed E-state index contributed by atoms with van der Waals surface area (Å²) in [7, 11) is -1.61. The summed E-state index contributed by atoms with van der Waals surface area (Å²) < 4.78 is 0. The predicted molar refractivity (Wildman–Crippen MR) is 137 cm³/mol. The normalized spacial score (nSPS) is 25.3. The van der Waals surface area contributed by atoms with Crippen molar-refractivity contribution in [2.75, 3.05) is 0 Å². The third-order valence-corrected chi connectivity index (χ3v) is 7.06. The Kier molecular flexibility index (Phi) is 13.3. The molecule has 1 aliphatic rings. The highest BCUT2D eigenvalue weighted by Crippen LogP contribution is 2.36. The van der Waals surface area contributed by atoms with Crippen molar-refractivity contribution < 1.29 is 25.2 Å². The number of carbonyl (C=O) groups is 1. The Hall–Kier alpha value is -1.39. The van der Waals surface area contributed by atoms with E-state index < -0.39 is 31.9 Å². The van der Waals surface area contributed by atoms with Crippen molar-refractivity contribution in [3.63, 3.8) is 0 Å². The largest absolute Gasteiger partial charge is 0.481 e. The fourth-order valence-electron chi connectivity index (χ4n) is 4.23. The summed E-state index contributed by atoms with van der Waals surface area (Å²) in [5.74, 6) is 2.14. The molecular weight excluding hydrogens is 432 g/mol. The quantitative estimate of drug-likeness (QED) is 0.121. The zero-order chi connectivity index (χ0) is 24.9. The van der Waals surface area contributed by atoms with E-state index in [4.69, 9.17) is 5.11 Å². The molecule has 5 nitrogen and oxygen atoms in total. The molecule has 0 amide bonds. The Labute approximate surface area is 202 Å². The van der Waals surface area contributed by atoms with Gasteiger partial charge in [0, 0.05) is 25.2 Å². The predicted octanol–water partition coefficient (Wildman–Crippen LogP) is 5.07. The van der Waals surface area contributed by atoms with Gasteiger partial charge in [-0.2, -0.15) is 0 Å². The molecule has 1 rings (SSSR count). The number of aliphatic hydroxyl groups is 3. The number of aliphatic hydroxyl groups excluding tert-OH is 2. The Bertz CT molecular complexity index is 700. The maximum absolute atomic E-state index is 11.2. The van der Waals surface area contributed by atoms with Gasteiger partial charge in [-0.15, -0.1) is 5.54 Å². The van der Waals surface area contributed by atoms with Crippen LogP contribution in [0.4, 0.5) is 0 Å². The van der Waals surface area contributed by atoms with Gasteiger partial charge in [0.05, 0.1) is 12.2 Å². The van der Waals surface area contributed by atoms with Crippen molar-refractivity contribution in [3.8, 4) is 11.5 Å². The minimum absolute atomic E-state index is 0.0855. The molecule has 1 aliphatic carbocycles. The minimum atomic E-state index is -1.61. The number of aliphatic carboxylic acids is 1. The molecule has 4 N–H and O–H groups in total. The lowest BCUT2D eigenvalue weighted by Gasteiger charge is -2.23. The summed E-state index contributed by atoms with van der Waals surface area (Å²) in [6, 6.07) is 0. The molecule has 5 atom stereocenters. The van der Waals surface area contributed by atoms with Gasteiger partial charge in [-0.1, -0.05) is 76.1 Å². The smallest absolute Gasteiger partial charge is 0.303 e. The van der Waals surface area contributed by atoms with Gasteiger partial charge in [-0.05, 0) is 38.0 Å². The van der Waals surface area contributed by atoms with Crippen molar-refractivity contribution in [1.29, 1.82) is 0 Å². The Morgan fingerprint density at radius 2 is 1.79 bits per heavy atom. The zero-order valence-corrected chi connectivity index (χ0v) is 22.1. The molecule has 33 heavy (non-hydrogen) atoms. The number of allylic oxidation sites excluding steroid dienone is 2. The van der Waals surface area contributed by atoms with Gasteiger partial charge < -0.3 is 20.4 Å². The van der Waals surface area contributed by atoms with Gasteiger partial charge in [-0.3, -0.25) is 4.79 Å². The summed E-state index contributed by atoms with van der Waals surface area (Å²) in [6.07, 6.45) is 14.5. The third kappa shape index (κ3) is 12.6. The Balaban J connectivity index is 2.77. The average molecular weight is 479 g/mol. The molecule has 1 unspecified atom stereocenters. The molecule has 0 aromatic rings. The van der Waals surface area contributed by atoms with E-state index in [0.717, 1.165) is 25.7 Å². The van der Waals surface area contributed by atoms with Crippen molar-refractivity contribution in [2.24, 2.45) is 11.8 Å². The summed E-state index contributed by atoms with van der Waals surface area (Å²) >= 11 is 0.